The number of hydrogen-bond donors (Lipinski definition) is 1. The Kier molecular flexibility index (Phi) is 4.06. The van der Waals surface area contributed by atoms with Crippen LogP contribution in [0.15, 0.2) is 0 Å². The van der Waals surface area contributed by atoms with Crippen LogP contribution in [0.2, 0.25) is 0 Å². The number of hydrogen-bond acceptors (Lipinski definition) is 2. The maximum Gasteiger partial charge on any atom is 0.383 e. The predicted octanol–water partition coefficient (Wildman–Crippen LogP) is 0.818. The number of aliphatic carboxylic acids is 1. The fourth-order valence-corrected chi connectivity index (χ4v) is 0.670. The second kappa shape index (κ2) is 4.45. The van der Waals surface area contributed by atoms with Crippen molar-refractivity contribution >= 4 is 11.9 Å². The SMILES string of the molecule is CC(C(=O)O)N(C)C(=O)C(F)(F)C(F)F. The van der Waals surface area contributed by atoms with Crippen LogP contribution in [-0.4, -0.2) is 47.3 Å². The molecule has 0 saturated carbocycles. The van der Waals surface area contributed by atoms with Crippen LogP contribution in [0.25, 0.3) is 0 Å². The monoisotopic (exact) mass is 231 g/mol. The van der Waals surface area contributed by atoms with E-state index in [0.29, 0.717) is 0 Å². The average Bonchev–Trinajstić information content (AvgIpc) is 2.13. The topological polar surface area (TPSA) is 57.6 Å². The lowest BCUT2D eigenvalue weighted by Gasteiger charge is -2.25. The van der Waals surface area contributed by atoms with E-state index in [4.69, 9.17) is 5.11 Å². The first-order chi connectivity index (χ1) is 6.62. The Bertz CT molecular complexity index is 269. The van der Waals surface area contributed by atoms with Crippen molar-refractivity contribution in [2.24, 2.45) is 0 Å². The van der Waals surface area contributed by atoms with Crippen LogP contribution in [-0.2, 0) is 9.59 Å². The Morgan fingerprint density at radius 3 is 2.00 bits per heavy atom. The van der Waals surface area contributed by atoms with Crippen molar-refractivity contribution in [3.8, 4) is 0 Å². The molecular weight excluding hydrogens is 222 g/mol. The molecule has 0 aromatic heterocycles. The van der Waals surface area contributed by atoms with Crippen LogP contribution in [0.1, 0.15) is 6.92 Å². The number of halogens is 4. The van der Waals surface area contributed by atoms with Gasteiger partial charge in [0.05, 0.1) is 0 Å². The van der Waals surface area contributed by atoms with Gasteiger partial charge in [0.1, 0.15) is 6.04 Å². The van der Waals surface area contributed by atoms with Gasteiger partial charge in [0, 0.05) is 7.05 Å². The van der Waals surface area contributed by atoms with Gasteiger partial charge in [-0.15, -0.1) is 0 Å². The molecule has 0 aromatic carbocycles. The van der Waals surface area contributed by atoms with Crippen LogP contribution in [0.3, 0.4) is 0 Å². The summed E-state index contributed by atoms with van der Waals surface area (Å²) in [6, 6.07) is -1.60. The van der Waals surface area contributed by atoms with E-state index in [-0.39, 0.29) is 4.90 Å². The van der Waals surface area contributed by atoms with Gasteiger partial charge in [-0.05, 0) is 6.92 Å². The zero-order chi connectivity index (χ0) is 12.4. The Hall–Kier alpha value is -1.34. The summed E-state index contributed by atoms with van der Waals surface area (Å²) in [5, 5.41) is 8.38. The summed E-state index contributed by atoms with van der Waals surface area (Å²) in [5.41, 5.74) is 0. The van der Waals surface area contributed by atoms with Gasteiger partial charge in [-0.2, -0.15) is 8.78 Å². The molecule has 1 amide bonds. The summed E-state index contributed by atoms with van der Waals surface area (Å²) < 4.78 is 48.4. The third-order valence-electron chi connectivity index (χ3n) is 1.82. The molecule has 0 aliphatic heterocycles. The molecule has 4 nitrogen and oxygen atoms in total. The summed E-state index contributed by atoms with van der Waals surface area (Å²) in [5.74, 6) is -8.64. The molecule has 0 heterocycles. The molecule has 0 fully saturated rings. The van der Waals surface area contributed by atoms with Gasteiger partial charge in [-0.3, -0.25) is 4.79 Å². The average molecular weight is 231 g/mol. The summed E-state index contributed by atoms with van der Waals surface area (Å²) in [4.78, 5) is 21.2. The Balaban J connectivity index is 4.79. The van der Waals surface area contributed by atoms with E-state index in [9.17, 15) is 27.2 Å². The highest BCUT2D eigenvalue weighted by Crippen LogP contribution is 2.25. The molecule has 0 saturated heterocycles. The minimum Gasteiger partial charge on any atom is -0.480 e. The van der Waals surface area contributed by atoms with Crippen molar-refractivity contribution in [2.75, 3.05) is 7.05 Å². The first-order valence-electron chi connectivity index (χ1n) is 3.78. The molecule has 15 heavy (non-hydrogen) atoms. The van der Waals surface area contributed by atoms with Crippen molar-refractivity contribution in [1.29, 1.82) is 0 Å². The third-order valence-corrected chi connectivity index (χ3v) is 1.82. The minimum atomic E-state index is -4.86. The Labute approximate surface area is 82.5 Å². The summed E-state index contributed by atoms with van der Waals surface area (Å²) >= 11 is 0. The second-order valence-electron chi connectivity index (χ2n) is 2.85. The van der Waals surface area contributed by atoms with Crippen molar-refractivity contribution < 1.29 is 32.3 Å². The largest absolute Gasteiger partial charge is 0.480 e. The maximum atomic E-state index is 12.5. The molecular formula is C7H9F4NO3. The first kappa shape index (κ1) is 13.7. The van der Waals surface area contributed by atoms with E-state index in [1.165, 1.54) is 0 Å². The number of carboxylic acid groups (broad SMARTS) is 1. The van der Waals surface area contributed by atoms with E-state index in [1.807, 2.05) is 0 Å². The molecule has 0 aliphatic carbocycles. The highest BCUT2D eigenvalue weighted by molar-refractivity contribution is 5.88. The molecule has 0 rings (SSSR count). The van der Waals surface area contributed by atoms with Gasteiger partial charge in [-0.25, -0.2) is 13.6 Å². The molecule has 1 unspecified atom stereocenters. The number of nitrogens with zero attached hydrogens (tertiary/aromatic N) is 1. The molecule has 0 spiro atoms. The van der Waals surface area contributed by atoms with Crippen molar-refractivity contribution in [3.05, 3.63) is 0 Å². The van der Waals surface area contributed by atoms with Crippen LogP contribution < -0.4 is 0 Å². The van der Waals surface area contributed by atoms with E-state index in [2.05, 4.69) is 0 Å². The van der Waals surface area contributed by atoms with Crippen molar-refractivity contribution in [3.63, 3.8) is 0 Å². The van der Waals surface area contributed by atoms with E-state index in [1.54, 1.807) is 0 Å². The van der Waals surface area contributed by atoms with E-state index < -0.39 is 30.3 Å². The normalized spacial score (nSPS) is 13.8. The number of alkyl halides is 4. The van der Waals surface area contributed by atoms with Gasteiger partial charge in [0.2, 0.25) is 0 Å². The number of carbonyl (C=O) groups excluding carboxylic acids is 1. The smallest absolute Gasteiger partial charge is 0.383 e. The van der Waals surface area contributed by atoms with Crippen LogP contribution in [0.5, 0.6) is 0 Å². The van der Waals surface area contributed by atoms with Gasteiger partial charge >= 0.3 is 18.3 Å². The van der Waals surface area contributed by atoms with E-state index >= 15 is 0 Å². The van der Waals surface area contributed by atoms with Gasteiger partial charge in [-0.1, -0.05) is 0 Å². The quantitative estimate of drug-likeness (QED) is 0.728. The standard InChI is InChI=1S/C7H9F4NO3/c1-3(4(13)14)12(2)6(15)7(10,11)5(8)9/h3,5H,1-2H3,(H,13,14). The molecule has 1 N–H and O–H groups in total. The van der Waals surface area contributed by atoms with Gasteiger partial charge in [0.25, 0.3) is 5.91 Å². The Morgan fingerprint density at radius 1 is 1.33 bits per heavy atom. The highest BCUT2D eigenvalue weighted by Gasteiger charge is 2.51. The van der Waals surface area contributed by atoms with Crippen molar-refractivity contribution in [2.45, 2.75) is 25.3 Å². The third kappa shape index (κ3) is 2.80. The van der Waals surface area contributed by atoms with Gasteiger partial charge in [0.15, 0.2) is 0 Å². The van der Waals surface area contributed by atoms with E-state index in [0.717, 1.165) is 14.0 Å². The second-order valence-corrected chi connectivity index (χ2v) is 2.85. The highest BCUT2D eigenvalue weighted by atomic mass is 19.3. The molecule has 0 aliphatic rings. The number of likely N-dealkylation sites (N-methyl/N-ethyl adjacent to an activating group) is 1. The molecule has 0 aromatic rings. The van der Waals surface area contributed by atoms with Gasteiger partial charge < -0.3 is 10.0 Å². The first-order valence-corrected chi connectivity index (χ1v) is 3.78. The fraction of sp³-hybridized carbons (Fsp3) is 0.714. The number of carboxylic acids is 1. The summed E-state index contributed by atoms with van der Waals surface area (Å²) in [6.45, 7) is 0.932. The van der Waals surface area contributed by atoms with Crippen LogP contribution >= 0.6 is 0 Å². The Morgan fingerprint density at radius 2 is 1.73 bits per heavy atom. The van der Waals surface area contributed by atoms with Crippen molar-refractivity contribution in [1.82, 2.24) is 4.90 Å². The molecule has 88 valence electrons. The summed E-state index contributed by atoms with van der Waals surface area (Å²) in [7, 11) is 0.720. The fourth-order valence-electron chi connectivity index (χ4n) is 0.670. The lowest BCUT2D eigenvalue weighted by atomic mass is 10.2. The molecule has 0 bridgehead atoms. The number of amides is 1. The lowest BCUT2D eigenvalue weighted by Crippen LogP contribution is -2.51. The predicted molar refractivity (Wildman–Crippen MR) is 40.8 cm³/mol. The summed E-state index contributed by atoms with van der Waals surface area (Å²) in [6.07, 6.45) is -4.16. The minimum absolute atomic E-state index is 0.0640. The molecule has 1 atom stereocenters. The lowest BCUT2D eigenvalue weighted by molar-refractivity contribution is -0.183. The molecule has 8 heteroatoms. The van der Waals surface area contributed by atoms with Crippen LogP contribution in [0, 0.1) is 0 Å². The molecule has 0 radical (unpaired) electrons. The number of carbonyl (C=O) groups is 2. The number of rotatable bonds is 4. The maximum absolute atomic E-state index is 12.5. The van der Waals surface area contributed by atoms with Crippen LogP contribution in [0.4, 0.5) is 17.6 Å². The zero-order valence-electron chi connectivity index (χ0n) is 7.88. The zero-order valence-corrected chi connectivity index (χ0v) is 7.88.